The van der Waals surface area contributed by atoms with E-state index >= 15 is 0 Å². The van der Waals surface area contributed by atoms with E-state index < -0.39 is 10.0 Å². The summed E-state index contributed by atoms with van der Waals surface area (Å²) >= 11 is 0. The molecule has 1 saturated heterocycles. The van der Waals surface area contributed by atoms with Crippen LogP contribution in [0, 0.1) is 13.8 Å². The van der Waals surface area contributed by atoms with Crippen LogP contribution in [0.4, 0.5) is 5.69 Å². The monoisotopic (exact) mass is 521 g/mol. The minimum atomic E-state index is -3.58. The average Bonchev–Trinajstić information content (AvgIpc) is 3.50. The number of nitrogens with zero attached hydrogens (tertiary/aromatic N) is 3. The van der Waals surface area contributed by atoms with Gasteiger partial charge in [0.05, 0.1) is 30.2 Å². The van der Waals surface area contributed by atoms with Crippen molar-refractivity contribution in [2.24, 2.45) is 0 Å². The van der Waals surface area contributed by atoms with Gasteiger partial charge in [-0.25, -0.2) is 8.42 Å². The molecule has 194 valence electrons. The van der Waals surface area contributed by atoms with Gasteiger partial charge in [0.2, 0.25) is 10.0 Å². The van der Waals surface area contributed by atoms with Crippen molar-refractivity contribution < 1.29 is 22.7 Å². The van der Waals surface area contributed by atoms with E-state index in [9.17, 15) is 13.2 Å². The maximum atomic E-state index is 13.2. The quantitative estimate of drug-likeness (QED) is 0.473. The molecule has 8 nitrogen and oxygen atoms in total. The molecule has 1 fully saturated rings. The normalized spacial score (nSPS) is 19.2. The molecule has 2 aliphatic heterocycles. The molecule has 1 aromatic heterocycles. The largest absolute Gasteiger partial charge is 0.486 e. The van der Waals surface area contributed by atoms with E-state index in [0.717, 1.165) is 16.8 Å². The first-order chi connectivity index (χ1) is 17.7. The van der Waals surface area contributed by atoms with Crippen LogP contribution in [0.15, 0.2) is 60.8 Å². The van der Waals surface area contributed by atoms with Crippen molar-refractivity contribution in [1.29, 1.82) is 0 Å². The first-order valence-corrected chi connectivity index (χ1v) is 14.0. The number of anilines is 1. The van der Waals surface area contributed by atoms with Crippen LogP contribution in [0.1, 0.15) is 32.7 Å². The fraction of sp³-hybridized carbons (Fsp3) is 0.357. The minimum absolute atomic E-state index is 0.0467. The summed E-state index contributed by atoms with van der Waals surface area (Å²) in [4.78, 5) is 19.3. The molecule has 3 heterocycles. The number of carbonyl (C=O) groups excluding carboxylic acids is 1. The lowest BCUT2D eigenvalue weighted by Crippen LogP contribution is -2.32. The molecule has 5 rings (SSSR count). The number of amides is 1. The Morgan fingerprint density at radius 3 is 2.68 bits per heavy atom. The number of aromatic nitrogens is 1. The van der Waals surface area contributed by atoms with Crippen LogP contribution >= 0.6 is 0 Å². The van der Waals surface area contributed by atoms with E-state index in [1.165, 1.54) is 4.31 Å². The number of pyridine rings is 1. The van der Waals surface area contributed by atoms with Crippen LogP contribution in [-0.2, 0) is 26.9 Å². The molecule has 2 aliphatic rings. The lowest BCUT2D eigenvalue weighted by atomic mass is 10.0. The predicted molar refractivity (Wildman–Crippen MR) is 141 cm³/mol. The average molecular weight is 522 g/mol. The van der Waals surface area contributed by atoms with Gasteiger partial charge in [-0.05, 0) is 55.3 Å². The van der Waals surface area contributed by atoms with Gasteiger partial charge in [-0.3, -0.25) is 14.1 Å². The van der Waals surface area contributed by atoms with Crippen molar-refractivity contribution in [3.8, 4) is 5.75 Å². The Morgan fingerprint density at radius 2 is 1.86 bits per heavy atom. The number of ether oxygens (including phenoxy) is 2. The van der Waals surface area contributed by atoms with Crippen molar-refractivity contribution in [3.05, 3.63) is 88.7 Å². The fourth-order valence-electron chi connectivity index (χ4n) is 5.02. The fourth-order valence-corrected chi connectivity index (χ4v) is 6.62. The summed E-state index contributed by atoms with van der Waals surface area (Å²) in [7, 11) is -1.97. The number of aryl methyl sites for hydroxylation is 2. The van der Waals surface area contributed by atoms with Gasteiger partial charge in [0.15, 0.2) is 0 Å². The van der Waals surface area contributed by atoms with E-state index in [1.807, 2.05) is 32.0 Å². The molecule has 0 radical (unpaired) electrons. The molecule has 0 saturated carbocycles. The first kappa shape index (κ1) is 25.2. The molecule has 3 aromatic rings. The second-order valence-corrected chi connectivity index (χ2v) is 11.5. The smallest absolute Gasteiger partial charge is 0.254 e. The highest BCUT2D eigenvalue weighted by atomic mass is 32.2. The number of hydrogen-bond donors (Lipinski definition) is 0. The minimum Gasteiger partial charge on any atom is -0.486 e. The zero-order chi connectivity index (χ0) is 26.2. The Bertz CT molecular complexity index is 1420. The number of likely N-dealkylation sites (tertiary alicyclic amines) is 1. The third kappa shape index (κ3) is 5.19. The molecule has 2 aromatic carbocycles. The lowest BCUT2D eigenvalue weighted by Gasteiger charge is -2.21. The summed E-state index contributed by atoms with van der Waals surface area (Å²) in [5.41, 5.74) is 4.72. The molecule has 0 aliphatic carbocycles. The van der Waals surface area contributed by atoms with E-state index in [4.69, 9.17) is 9.47 Å². The van der Waals surface area contributed by atoms with Gasteiger partial charge in [-0.1, -0.05) is 29.8 Å². The predicted octanol–water partition coefficient (Wildman–Crippen LogP) is 3.51. The first-order valence-electron chi connectivity index (χ1n) is 12.3. The molecule has 0 bridgehead atoms. The van der Waals surface area contributed by atoms with Gasteiger partial charge in [-0.2, -0.15) is 0 Å². The molecular formula is C28H31N3O5S. The Kier molecular flexibility index (Phi) is 6.92. The second kappa shape index (κ2) is 10.1. The SMILES string of the molecule is CO[C@@H]1CN(C(=O)c2cc(C)ccc2C)C[C@H]1Oc1cccc(CS(=O)(=O)N2CCc3ncccc32)c1. The Morgan fingerprint density at radius 1 is 1.05 bits per heavy atom. The molecule has 0 spiro atoms. The van der Waals surface area contributed by atoms with Gasteiger partial charge in [0.25, 0.3) is 5.91 Å². The second-order valence-electron chi connectivity index (χ2n) is 9.65. The van der Waals surface area contributed by atoms with Crippen molar-refractivity contribution in [2.45, 2.75) is 38.2 Å². The molecule has 0 N–H and O–H groups in total. The Hall–Kier alpha value is -3.43. The third-order valence-electron chi connectivity index (χ3n) is 6.99. The lowest BCUT2D eigenvalue weighted by molar-refractivity contribution is 0.0339. The van der Waals surface area contributed by atoms with Crippen LogP contribution in [0.3, 0.4) is 0 Å². The molecule has 0 unspecified atom stereocenters. The summed E-state index contributed by atoms with van der Waals surface area (Å²) in [6.07, 6.45) is 1.62. The van der Waals surface area contributed by atoms with Crippen molar-refractivity contribution in [2.75, 3.05) is 31.0 Å². The summed E-state index contributed by atoms with van der Waals surface area (Å²) in [6, 6.07) is 16.5. The number of hydrogen-bond acceptors (Lipinski definition) is 6. The summed E-state index contributed by atoms with van der Waals surface area (Å²) < 4.78 is 39.8. The molecule has 37 heavy (non-hydrogen) atoms. The van der Waals surface area contributed by atoms with E-state index in [1.54, 1.807) is 54.6 Å². The third-order valence-corrected chi connectivity index (χ3v) is 8.74. The highest BCUT2D eigenvalue weighted by Gasteiger charge is 2.38. The van der Waals surface area contributed by atoms with Crippen LogP contribution in [0.25, 0.3) is 0 Å². The van der Waals surface area contributed by atoms with Crippen molar-refractivity contribution in [3.63, 3.8) is 0 Å². The highest BCUT2D eigenvalue weighted by Crippen LogP contribution is 2.30. The number of benzene rings is 2. The van der Waals surface area contributed by atoms with E-state index in [-0.39, 0.29) is 23.9 Å². The number of rotatable bonds is 7. The van der Waals surface area contributed by atoms with Crippen molar-refractivity contribution >= 4 is 21.6 Å². The molecule has 1 amide bonds. The van der Waals surface area contributed by atoms with Crippen molar-refractivity contribution in [1.82, 2.24) is 9.88 Å². The number of sulfonamides is 1. The van der Waals surface area contributed by atoms with E-state index in [2.05, 4.69) is 4.98 Å². The molecule has 2 atom stereocenters. The van der Waals surface area contributed by atoms with Crippen LogP contribution < -0.4 is 9.04 Å². The van der Waals surface area contributed by atoms with Gasteiger partial charge in [-0.15, -0.1) is 0 Å². The number of carbonyl (C=O) groups is 1. The van der Waals surface area contributed by atoms with Gasteiger partial charge < -0.3 is 14.4 Å². The van der Waals surface area contributed by atoms with Gasteiger partial charge >= 0.3 is 0 Å². The maximum Gasteiger partial charge on any atom is 0.254 e. The molecular weight excluding hydrogens is 490 g/mol. The van der Waals surface area contributed by atoms with Crippen LogP contribution in [0.5, 0.6) is 5.75 Å². The molecule has 9 heteroatoms. The van der Waals surface area contributed by atoms with Crippen LogP contribution in [-0.4, -0.2) is 63.2 Å². The Labute approximate surface area is 217 Å². The van der Waals surface area contributed by atoms with Crippen LogP contribution in [0.2, 0.25) is 0 Å². The number of methoxy groups -OCH3 is 1. The number of fused-ring (bicyclic) bond motifs is 1. The summed E-state index contributed by atoms with van der Waals surface area (Å²) in [5, 5.41) is 0. The maximum absolute atomic E-state index is 13.2. The highest BCUT2D eigenvalue weighted by molar-refractivity contribution is 7.92. The summed E-state index contributed by atoms with van der Waals surface area (Å²) in [5.74, 6) is 0.354. The van der Waals surface area contributed by atoms with Gasteiger partial charge in [0.1, 0.15) is 18.0 Å². The zero-order valence-corrected chi connectivity index (χ0v) is 22.1. The zero-order valence-electron chi connectivity index (χ0n) is 21.3. The van der Waals surface area contributed by atoms with Gasteiger partial charge in [0, 0.05) is 31.8 Å². The summed E-state index contributed by atoms with van der Waals surface area (Å²) in [6.45, 7) is 5.10. The Balaban J connectivity index is 1.29. The standard InChI is InChI=1S/C28H31N3O5S/c1-19-9-10-20(2)23(14-19)28(32)30-16-26(35-3)27(17-30)36-22-7-4-6-21(15-22)18-37(33,34)31-13-11-24-25(31)8-5-12-29-24/h4-10,12,14-15,26-27H,11,13,16-18H2,1-3H3/t26-,27-/m1/s1. The van der Waals surface area contributed by atoms with E-state index in [0.29, 0.717) is 48.6 Å². The topological polar surface area (TPSA) is 89.0 Å².